The highest BCUT2D eigenvalue weighted by atomic mass is 32.2. The zero-order valence-corrected chi connectivity index (χ0v) is 18.1. The Morgan fingerprint density at radius 1 is 1.10 bits per heavy atom. The molecule has 0 atom stereocenters. The first-order chi connectivity index (χ1) is 14.2. The third-order valence-corrected chi connectivity index (χ3v) is 6.21. The van der Waals surface area contributed by atoms with Gasteiger partial charge in [0.1, 0.15) is 0 Å². The van der Waals surface area contributed by atoms with Gasteiger partial charge in [0.15, 0.2) is 11.5 Å². The van der Waals surface area contributed by atoms with E-state index in [2.05, 4.69) is 34.5 Å². The number of carbonyl (C=O) groups is 1. The number of fused-ring (bicyclic) bond motifs is 1. The van der Waals surface area contributed by atoms with Crippen molar-refractivity contribution in [2.24, 2.45) is 0 Å². The van der Waals surface area contributed by atoms with Crippen LogP contribution in [0, 0.1) is 0 Å². The van der Waals surface area contributed by atoms with Crippen LogP contribution in [0.25, 0.3) is 0 Å². The van der Waals surface area contributed by atoms with E-state index in [1.54, 1.807) is 26.0 Å². The summed E-state index contributed by atoms with van der Waals surface area (Å²) >= 11 is 1.80. The number of amides is 1. The summed E-state index contributed by atoms with van der Waals surface area (Å²) < 4.78 is 10.8. The van der Waals surface area contributed by atoms with E-state index in [1.807, 2.05) is 18.2 Å². The molecule has 0 saturated carbocycles. The zero-order valence-electron chi connectivity index (χ0n) is 17.3. The molecule has 0 radical (unpaired) electrons. The van der Waals surface area contributed by atoms with Crippen LogP contribution in [-0.2, 0) is 17.8 Å². The molecule has 1 aliphatic rings. The molecule has 0 spiro atoms. The minimum absolute atomic E-state index is 0.141. The molecule has 5 nitrogen and oxygen atoms in total. The second-order valence-electron chi connectivity index (χ2n) is 7.12. The van der Waals surface area contributed by atoms with Crippen molar-refractivity contribution in [2.45, 2.75) is 30.7 Å². The van der Waals surface area contributed by atoms with Gasteiger partial charge >= 0.3 is 0 Å². The van der Waals surface area contributed by atoms with Crippen LogP contribution in [0.4, 0.5) is 0 Å². The van der Waals surface area contributed by atoms with Crippen molar-refractivity contribution in [3.05, 3.63) is 53.6 Å². The Balaban J connectivity index is 1.35. The summed E-state index contributed by atoms with van der Waals surface area (Å²) in [6.45, 7) is 3.41. The summed E-state index contributed by atoms with van der Waals surface area (Å²) in [6.07, 6.45) is 2.46. The number of hydrogen-bond acceptors (Lipinski definition) is 5. The summed E-state index contributed by atoms with van der Waals surface area (Å²) in [5.74, 6) is 2.67. The maximum absolute atomic E-state index is 12.1. The number of rotatable bonds is 10. The zero-order chi connectivity index (χ0) is 20.5. The van der Waals surface area contributed by atoms with Crippen molar-refractivity contribution in [1.29, 1.82) is 0 Å². The molecule has 2 aromatic carbocycles. The molecule has 0 aliphatic carbocycles. The molecule has 1 N–H and O–H groups in total. The lowest BCUT2D eigenvalue weighted by Crippen LogP contribution is -2.37. The number of benzene rings is 2. The van der Waals surface area contributed by atoms with Gasteiger partial charge in [-0.1, -0.05) is 18.2 Å². The predicted octanol–water partition coefficient (Wildman–Crippen LogP) is 3.75. The van der Waals surface area contributed by atoms with Crippen LogP contribution in [0.1, 0.15) is 24.0 Å². The molecular weight excluding hydrogens is 384 g/mol. The fourth-order valence-corrected chi connectivity index (χ4v) is 4.39. The molecule has 1 aliphatic heterocycles. The Hall–Kier alpha value is -2.18. The molecule has 6 heteroatoms. The second kappa shape index (κ2) is 11.1. The van der Waals surface area contributed by atoms with Crippen molar-refractivity contribution in [3.8, 4) is 11.5 Å². The van der Waals surface area contributed by atoms with E-state index in [-0.39, 0.29) is 5.91 Å². The lowest BCUT2D eigenvalue weighted by atomic mass is 9.99. The van der Waals surface area contributed by atoms with E-state index in [0.717, 1.165) is 49.7 Å². The molecular formula is C23H30N2O3S. The molecule has 0 unspecified atom stereocenters. The highest BCUT2D eigenvalue weighted by Crippen LogP contribution is 2.33. The Bertz CT molecular complexity index is 798. The first kappa shape index (κ1) is 21.5. The molecule has 0 fully saturated rings. The molecule has 2 aromatic rings. The second-order valence-corrected chi connectivity index (χ2v) is 8.29. The quantitative estimate of drug-likeness (QED) is 0.474. The first-order valence-corrected chi connectivity index (χ1v) is 11.1. The van der Waals surface area contributed by atoms with Gasteiger partial charge in [0.25, 0.3) is 0 Å². The summed E-state index contributed by atoms with van der Waals surface area (Å²) in [4.78, 5) is 15.7. The summed E-state index contributed by atoms with van der Waals surface area (Å²) in [5, 5.41) is 3.06. The number of hydrogen-bond donors (Lipinski definition) is 1. The van der Waals surface area contributed by atoms with Crippen molar-refractivity contribution >= 4 is 17.7 Å². The summed E-state index contributed by atoms with van der Waals surface area (Å²) in [6, 6.07) is 14.5. The Morgan fingerprint density at radius 2 is 1.83 bits per heavy atom. The molecule has 0 saturated heterocycles. The maximum atomic E-state index is 12.1. The van der Waals surface area contributed by atoms with Crippen molar-refractivity contribution < 1.29 is 14.3 Å². The van der Waals surface area contributed by atoms with Gasteiger partial charge in [-0.2, -0.15) is 0 Å². The normalized spacial score (nSPS) is 13.6. The van der Waals surface area contributed by atoms with Gasteiger partial charge < -0.3 is 14.8 Å². The number of carbonyl (C=O) groups excluding carboxylic acids is 1. The minimum atomic E-state index is 0.141. The predicted molar refractivity (Wildman–Crippen MR) is 118 cm³/mol. The minimum Gasteiger partial charge on any atom is -0.493 e. The standard InChI is InChI=1S/C23H30N2O3S/c1-27-21-15-18-10-12-25(17-19(18)16-22(21)28-2)13-11-24-23(26)9-6-14-29-20-7-4-3-5-8-20/h3-5,7-8,15-16H,6,9-14,17H2,1-2H3,(H,24,26). The molecule has 0 aromatic heterocycles. The molecule has 29 heavy (non-hydrogen) atoms. The highest BCUT2D eigenvalue weighted by molar-refractivity contribution is 7.99. The molecule has 156 valence electrons. The fraction of sp³-hybridized carbons (Fsp3) is 0.435. The lowest BCUT2D eigenvalue weighted by molar-refractivity contribution is -0.121. The van der Waals surface area contributed by atoms with E-state index in [9.17, 15) is 4.79 Å². The Morgan fingerprint density at radius 3 is 2.55 bits per heavy atom. The van der Waals surface area contributed by atoms with E-state index in [1.165, 1.54) is 16.0 Å². The Labute approximate surface area is 177 Å². The largest absolute Gasteiger partial charge is 0.493 e. The van der Waals surface area contributed by atoms with Crippen LogP contribution in [-0.4, -0.2) is 50.4 Å². The molecule has 0 bridgehead atoms. The van der Waals surface area contributed by atoms with Crippen molar-refractivity contribution in [1.82, 2.24) is 10.2 Å². The molecule has 3 rings (SSSR count). The third-order valence-electron chi connectivity index (χ3n) is 5.11. The summed E-state index contributed by atoms with van der Waals surface area (Å²) in [5.41, 5.74) is 2.59. The molecule has 1 heterocycles. The van der Waals surface area contributed by atoms with Gasteiger partial charge in [-0.15, -0.1) is 11.8 Å². The third kappa shape index (κ3) is 6.41. The van der Waals surface area contributed by atoms with Gasteiger partial charge in [0.2, 0.25) is 5.91 Å². The lowest BCUT2D eigenvalue weighted by Gasteiger charge is -2.29. The number of nitrogens with one attached hydrogen (secondary N) is 1. The van der Waals surface area contributed by atoms with E-state index < -0.39 is 0 Å². The smallest absolute Gasteiger partial charge is 0.220 e. The Kier molecular flexibility index (Phi) is 8.25. The van der Waals surface area contributed by atoms with Crippen LogP contribution in [0.2, 0.25) is 0 Å². The number of methoxy groups -OCH3 is 2. The van der Waals surface area contributed by atoms with E-state index in [0.29, 0.717) is 13.0 Å². The van der Waals surface area contributed by atoms with Crippen LogP contribution in [0.3, 0.4) is 0 Å². The average Bonchev–Trinajstić information content (AvgIpc) is 2.76. The first-order valence-electron chi connectivity index (χ1n) is 10.1. The number of nitrogens with zero attached hydrogens (tertiary/aromatic N) is 1. The summed E-state index contributed by atoms with van der Waals surface area (Å²) in [7, 11) is 3.33. The van der Waals surface area contributed by atoms with E-state index >= 15 is 0 Å². The SMILES string of the molecule is COc1cc2c(cc1OC)CN(CCNC(=O)CCCSc1ccccc1)CC2. The van der Waals surface area contributed by atoms with Crippen LogP contribution < -0.4 is 14.8 Å². The van der Waals surface area contributed by atoms with Gasteiger partial charge in [0, 0.05) is 37.5 Å². The number of ether oxygens (including phenoxy) is 2. The highest BCUT2D eigenvalue weighted by Gasteiger charge is 2.19. The van der Waals surface area contributed by atoms with Crippen LogP contribution in [0.15, 0.2) is 47.4 Å². The van der Waals surface area contributed by atoms with E-state index in [4.69, 9.17) is 9.47 Å². The van der Waals surface area contributed by atoms with Gasteiger partial charge in [-0.05, 0) is 54.0 Å². The molecule has 1 amide bonds. The average molecular weight is 415 g/mol. The van der Waals surface area contributed by atoms with Crippen molar-refractivity contribution in [3.63, 3.8) is 0 Å². The van der Waals surface area contributed by atoms with Crippen LogP contribution >= 0.6 is 11.8 Å². The monoisotopic (exact) mass is 414 g/mol. The fourth-order valence-electron chi connectivity index (χ4n) is 3.51. The van der Waals surface area contributed by atoms with Gasteiger partial charge in [-0.3, -0.25) is 9.69 Å². The topological polar surface area (TPSA) is 50.8 Å². The van der Waals surface area contributed by atoms with Crippen molar-refractivity contribution in [2.75, 3.05) is 39.6 Å². The number of thioether (sulfide) groups is 1. The van der Waals surface area contributed by atoms with Gasteiger partial charge in [-0.25, -0.2) is 0 Å². The van der Waals surface area contributed by atoms with Crippen LogP contribution in [0.5, 0.6) is 11.5 Å². The maximum Gasteiger partial charge on any atom is 0.220 e. The van der Waals surface area contributed by atoms with Gasteiger partial charge in [0.05, 0.1) is 14.2 Å².